The fraction of sp³-hybridized carbons (Fsp3) is 0.190. The van der Waals surface area contributed by atoms with E-state index in [9.17, 15) is 18.8 Å². The quantitative estimate of drug-likeness (QED) is 0.470. The number of methoxy groups -OCH3 is 1. The molecule has 1 heterocycles. The summed E-state index contributed by atoms with van der Waals surface area (Å²) in [5.74, 6) is -2.01. The van der Waals surface area contributed by atoms with Crippen molar-refractivity contribution in [2.45, 2.75) is 12.8 Å². The molecule has 0 saturated carbocycles. The summed E-state index contributed by atoms with van der Waals surface area (Å²) in [6, 6.07) is 9.10. The number of halogens is 1. The molecule has 144 valence electrons. The van der Waals surface area contributed by atoms with Crippen LogP contribution in [0.2, 0.25) is 0 Å². The Morgan fingerprint density at radius 2 is 2.00 bits per heavy atom. The minimum atomic E-state index is -0.726. The van der Waals surface area contributed by atoms with E-state index in [0.717, 1.165) is 11.6 Å². The zero-order chi connectivity index (χ0) is 20.3. The number of amides is 1. The van der Waals surface area contributed by atoms with Crippen molar-refractivity contribution in [1.29, 1.82) is 0 Å². The maximum atomic E-state index is 13.6. The highest BCUT2D eigenvalue weighted by Crippen LogP contribution is 2.32. The van der Waals surface area contributed by atoms with Gasteiger partial charge < -0.3 is 14.8 Å². The molecule has 0 bridgehead atoms. The Labute approximate surface area is 161 Å². The lowest BCUT2D eigenvalue weighted by molar-refractivity contribution is -0.136. The molecule has 7 heteroatoms. The molecule has 6 nitrogen and oxygen atoms in total. The number of hydrogen-bond acceptors (Lipinski definition) is 5. The molecule has 1 aliphatic rings. The highest BCUT2D eigenvalue weighted by molar-refractivity contribution is 6.05. The van der Waals surface area contributed by atoms with Crippen molar-refractivity contribution >= 4 is 29.4 Å². The summed E-state index contributed by atoms with van der Waals surface area (Å²) in [5.41, 5.74) is 2.23. The van der Waals surface area contributed by atoms with E-state index in [-0.39, 0.29) is 23.4 Å². The Kier molecular flexibility index (Phi) is 5.54. The molecule has 0 aromatic heterocycles. The first-order valence-corrected chi connectivity index (χ1v) is 8.55. The Bertz CT molecular complexity index is 983. The SMILES string of the molecule is COc1ccc(/C=C/C(=O)OCC(=O)c2ccc3c(c2)[C@@H](C)C(=O)N3)cc1F. The second-order valence-electron chi connectivity index (χ2n) is 6.27. The number of benzene rings is 2. The average molecular weight is 383 g/mol. The minimum absolute atomic E-state index is 0.103. The average Bonchev–Trinajstić information content (AvgIpc) is 2.98. The molecule has 1 atom stereocenters. The van der Waals surface area contributed by atoms with Gasteiger partial charge in [0, 0.05) is 17.3 Å². The Hall–Kier alpha value is -3.48. The Morgan fingerprint density at radius 1 is 1.21 bits per heavy atom. The number of hydrogen-bond donors (Lipinski definition) is 1. The van der Waals surface area contributed by atoms with Gasteiger partial charge in [-0.1, -0.05) is 6.07 Å². The second-order valence-corrected chi connectivity index (χ2v) is 6.27. The first-order valence-electron chi connectivity index (χ1n) is 8.55. The molecule has 1 amide bonds. The van der Waals surface area contributed by atoms with Crippen LogP contribution in [-0.4, -0.2) is 31.4 Å². The summed E-state index contributed by atoms with van der Waals surface area (Å²) in [6.07, 6.45) is 2.49. The van der Waals surface area contributed by atoms with Crippen molar-refractivity contribution in [3.05, 3.63) is 65.0 Å². The van der Waals surface area contributed by atoms with Gasteiger partial charge in [-0.05, 0) is 54.5 Å². The Morgan fingerprint density at radius 3 is 2.71 bits per heavy atom. The Balaban J connectivity index is 1.58. The molecule has 1 N–H and O–H groups in total. The van der Waals surface area contributed by atoms with Crippen LogP contribution < -0.4 is 10.1 Å². The highest BCUT2D eigenvalue weighted by atomic mass is 19.1. The number of carbonyl (C=O) groups is 3. The van der Waals surface area contributed by atoms with Gasteiger partial charge in [0.05, 0.1) is 13.0 Å². The maximum absolute atomic E-state index is 13.6. The van der Waals surface area contributed by atoms with Gasteiger partial charge in [-0.2, -0.15) is 0 Å². The lowest BCUT2D eigenvalue weighted by atomic mass is 9.99. The van der Waals surface area contributed by atoms with Gasteiger partial charge in [0.1, 0.15) is 0 Å². The molecule has 0 radical (unpaired) electrons. The highest BCUT2D eigenvalue weighted by Gasteiger charge is 2.27. The smallest absolute Gasteiger partial charge is 0.331 e. The predicted molar refractivity (Wildman–Crippen MR) is 101 cm³/mol. The molecule has 0 saturated heterocycles. The molecule has 0 aliphatic carbocycles. The van der Waals surface area contributed by atoms with Gasteiger partial charge in [0.25, 0.3) is 0 Å². The van der Waals surface area contributed by atoms with Gasteiger partial charge in [-0.15, -0.1) is 0 Å². The molecule has 28 heavy (non-hydrogen) atoms. The number of esters is 1. The molecule has 0 spiro atoms. The largest absolute Gasteiger partial charge is 0.494 e. The van der Waals surface area contributed by atoms with Crippen LogP contribution in [0.3, 0.4) is 0 Å². The van der Waals surface area contributed by atoms with E-state index in [2.05, 4.69) is 5.32 Å². The number of fused-ring (bicyclic) bond motifs is 1. The third-order valence-electron chi connectivity index (χ3n) is 4.42. The fourth-order valence-corrected chi connectivity index (χ4v) is 2.81. The standard InChI is InChI=1S/C21H18FNO5/c1-12-15-10-14(5-6-17(15)23-21(12)26)18(24)11-28-20(25)8-4-13-3-7-19(27-2)16(22)9-13/h3-10,12H,11H2,1-2H3,(H,23,26)/b8-4+/t12-/m1/s1. The normalized spacial score (nSPS) is 15.2. The summed E-state index contributed by atoms with van der Waals surface area (Å²) in [4.78, 5) is 35.7. The van der Waals surface area contributed by atoms with E-state index < -0.39 is 18.4 Å². The summed E-state index contributed by atoms with van der Waals surface area (Å²) in [5, 5.41) is 2.73. The molecule has 0 unspecified atom stereocenters. The maximum Gasteiger partial charge on any atom is 0.331 e. The van der Waals surface area contributed by atoms with Gasteiger partial charge >= 0.3 is 5.97 Å². The van der Waals surface area contributed by atoms with Crippen molar-refractivity contribution < 1.29 is 28.2 Å². The molecule has 2 aromatic rings. The van der Waals surface area contributed by atoms with Crippen LogP contribution in [-0.2, 0) is 14.3 Å². The van der Waals surface area contributed by atoms with E-state index >= 15 is 0 Å². The number of rotatable bonds is 6. The molecule has 0 fully saturated rings. The summed E-state index contributed by atoms with van der Waals surface area (Å²) >= 11 is 0. The van der Waals surface area contributed by atoms with E-state index in [1.54, 1.807) is 31.2 Å². The molecule has 3 rings (SSSR count). The van der Waals surface area contributed by atoms with Gasteiger partial charge in [0.2, 0.25) is 5.91 Å². The van der Waals surface area contributed by atoms with Crippen molar-refractivity contribution in [3.8, 4) is 5.75 Å². The number of ketones is 1. The van der Waals surface area contributed by atoms with Gasteiger partial charge in [-0.3, -0.25) is 9.59 Å². The van der Waals surface area contributed by atoms with Crippen LogP contribution in [0.25, 0.3) is 6.08 Å². The number of carbonyl (C=O) groups excluding carboxylic acids is 3. The lowest BCUT2D eigenvalue weighted by Crippen LogP contribution is -2.13. The van der Waals surface area contributed by atoms with Crippen LogP contribution in [0, 0.1) is 5.82 Å². The molecular formula is C21H18FNO5. The summed E-state index contributed by atoms with van der Waals surface area (Å²) in [6.45, 7) is 1.32. The van der Waals surface area contributed by atoms with Crippen molar-refractivity contribution in [2.75, 3.05) is 19.0 Å². The van der Waals surface area contributed by atoms with E-state index in [4.69, 9.17) is 9.47 Å². The first kappa shape index (κ1) is 19.3. The number of nitrogens with one attached hydrogen (secondary N) is 1. The molecular weight excluding hydrogens is 365 g/mol. The topological polar surface area (TPSA) is 81.7 Å². The third-order valence-corrected chi connectivity index (χ3v) is 4.42. The zero-order valence-corrected chi connectivity index (χ0v) is 15.3. The summed E-state index contributed by atoms with van der Waals surface area (Å²) < 4.78 is 23.4. The van der Waals surface area contributed by atoms with E-state index in [1.165, 1.54) is 25.3 Å². The minimum Gasteiger partial charge on any atom is -0.494 e. The van der Waals surface area contributed by atoms with Crippen LogP contribution in [0.1, 0.15) is 34.3 Å². The number of ether oxygens (including phenoxy) is 2. The van der Waals surface area contributed by atoms with Gasteiger partial charge in [-0.25, -0.2) is 9.18 Å². The summed E-state index contributed by atoms with van der Waals surface area (Å²) in [7, 11) is 1.36. The van der Waals surface area contributed by atoms with Crippen molar-refractivity contribution in [3.63, 3.8) is 0 Å². The number of Topliss-reactive ketones (excluding diaryl/α,β-unsaturated/α-hetero) is 1. The third kappa shape index (κ3) is 4.09. The first-order chi connectivity index (χ1) is 13.4. The van der Waals surface area contributed by atoms with E-state index in [1.807, 2.05) is 0 Å². The molecule has 2 aromatic carbocycles. The van der Waals surface area contributed by atoms with Gasteiger partial charge in [0.15, 0.2) is 24.0 Å². The van der Waals surface area contributed by atoms with Crippen LogP contribution in [0.15, 0.2) is 42.5 Å². The monoisotopic (exact) mass is 383 g/mol. The predicted octanol–water partition coefficient (Wildman–Crippen LogP) is 3.33. The zero-order valence-electron chi connectivity index (χ0n) is 15.3. The van der Waals surface area contributed by atoms with Crippen molar-refractivity contribution in [1.82, 2.24) is 0 Å². The number of anilines is 1. The fourth-order valence-electron chi connectivity index (χ4n) is 2.81. The van der Waals surface area contributed by atoms with Crippen LogP contribution in [0.4, 0.5) is 10.1 Å². The van der Waals surface area contributed by atoms with Crippen molar-refractivity contribution in [2.24, 2.45) is 0 Å². The van der Waals surface area contributed by atoms with E-state index in [0.29, 0.717) is 16.8 Å². The van der Waals surface area contributed by atoms with Crippen LogP contribution in [0.5, 0.6) is 5.75 Å². The lowest BCUT2D eigenvalue weighted by Gasteiger charge is -2.06. The molecule has 1 aliphatic heterocycles. The van der Waals surface area contributed by atoms with Crippen LogP contribution >= 0.6 is 0 Å². The second kappa shape index (κ2) is 8.04.